The highest BCUT2D eigenvalue weighted by Crippen LogP contribution is 2.32. The molecule has 1 aliphatic heterocycles. The number of aromatic nitrogens is 3. The summed E-state index contributed by atoms with van der Waals surface area (Å²) < 4.78 is 2.08. The van der Waals surface area contributed by atoms with Crippen molar-refractivity contribution in [2.75, 3.05) is 33.0 Å². The van der Waals surface area contributed by atoms with E-state index < -0.39 is 0 Å². The van der Waals surface area contributed by atoms with E-state index in [1.807, 2.05) is 67.8 Å². The summed E-state index contributed by atoms with van der Waals surface area (Å²) in [7, 11) is 7.35. The van der Waals surface area contributed by atoms with Gasteiger partial charge in [0, 0.05) is 75.8 Å². The second-order valence-electron chi connectivity index (χ2n) is 9.80. The molecule has 0 spiro atoms. The van der Waals surface area contributed by atoms with E-state index >= 15 is 0 Å². The van der Waals surface area contributed by atoms with Crippen molar-refractivity contribution in [3.05, 3.63) is 77.7 Å². The van der Waals surface area contributed by atoms with Crippen molar-refractivity contribution in [3.8, 4) is 11.1 Å². The van der Waals surface area contributed by atoms with Gasteiger partial charge in [0.1, 0.15) is 11.5 Å². The Kier molecular flexibility index (Phi) is 6.65. The Balaban J connectivity index is 1.32. The van der Waals surface area contributed by atoms with E-state index in [9.17, 15) is 9.59 Å². The molecule has 3 aromatic heterocycles. The molecule has 0 radical (unpaired) electrons. The molecule has 1 aromatic carbocycles. The van der Waals surface area contributed by atoms with Crippen LogP contribution in [0.25, 0.3) is 22.2 Å². The highest BCUT2D eigenvalue weighted by molar-refractivity contribution is 5.94. The van der Waals surface area contributed by atoms with Crippen molar-refractivity contribution >= 4 is 28.7 Å². The summed E-state index contributed by atoms with van der Waals surface area (Å²) in [6, 6.07) is 15.9. The molecule has 8 heteroatoms. The summed E-state index contributed by atoms with van der Waals surface area (Å²) in [4.78, 5) is 37.9. The van der Waals surface area contributed by atoms with E-state index in [4.69, 9.17) is 0 Å². The number of pyridine rings is 2. The topological polar surface area (TPSA) is 83.4 Å². The summed E-state index contributed by atoms with van der Waals surface area (Å²) in [5.74, 6) is 1.12. The van der Waals surface area contributed by atoms with Gasteiger partial charge in [0.2, 0.25) is 5.91 Å². The first-order valence-electron chi connectivity index (χ1n) is 12.5. The Labute approximate surface area is 216 Å². The van der Waals surface area contributed by atoms with Crippen LogP contribution in [0.1, 0.15) is 40.4 Å². The van der Waals surface area contributed by atoms with E-state index in [1.54, 1.807) is 19.0 Å². The number of fused-ring (bicyclic) bond motifs is 1. The SMILES string of the molecule is CNc1ccc(-c2ccnc3c2cc(CN2CCC(c4ccc(C(=O)N(C)C)cc4)CC2=O)n3C)cn1. The van der Waals surface area contributed by atoms with Crippen LogP contribution < -0.4 is 5.32 Å². The molecule has 4 aromatic rings. The standard InChI is InChI=1S/C29H32N6O2/c1-30-26-10-9-22(17-32-26)24-11-13-31-28-25(24)16-23(34(28)4)18-35-14-12-21(15-27(35)36)19-5-7-20(8-6-19)29(37)33(2)3/h5-11,13,16-17,21H,12,14-15,18H2,1-4H3,(H,30,32). The van der Waals surface area contributed by atoms with Crippen molar-refractivity contribution in [1.29, 1.82) is 0 Å². The fraction of sp³-hybridized carbons (Fsp3) is 0.310. The van der Waals surface area contributed by atoms with Crippen LogP contribution in [0.15, 0.2) is 60.9 Å². The second-order valence-corrected chi connectivity index (χ2v) is 9.80. The molecule has 37 heavy (non-hydrogen) atoms. The largest absolute Gasteiger partial charge is 0.373 e. The predicted octanol–water partition coefficient (Wildman–Crippen LogP) is 4.29. The molecule has 1 atom stereocenters. The maximum Gasteiger partial charge on any atom is 0.253 e. The van der Waals surface area contributed by atoms with Gasteiger partial charge in [-0.2, -0.15) is 0 Å². The Morgan fingerprint density at radius 3 is 2.54 bits per heavy atom. The maximum atomic E-state index is 13.1. The van der Waals surface area contributed by atoms with Crippen LogP contribution in [0, 0.1) is 0 Å². The number of amides is 2. The van der Waals surface area contributed by atoms with E-state index in [-0.39, 0.29) is 17.7 Å². The first kappa shape index (κ1) is 24.5. The van der Waals surface area contributed by atoms with Gasteiger partial charge in [0.05, 0.1) is 6.54 Å². The number of anilines is 1. The lowest BCUT2D eigenvalue weighted by Gasteiger charge is -2.32. The quantitative estimate of drug-likeness (QED) is 0.431. The first-order chi connectivity index (χ1) is 17.9. The molecule has 1 N–H and O–H groups in total. The number of likely N-dealkylation sites (tertiary alicyclic amines) is 1. The zero-order valence-electron chi connectivity index (χ0n) is 21.7. The molecule has 4 heterocycles. The fourth-order valence-electron chi connectivity index (χ4n) is 5.06. The lowest BCUT2D eigenvalue weighted by atomic mass is 9.88. The molecule has 0 aliphatic carbocycles. The van der Waals surface area contributed by atoms with Gasteiger partial charge in [-0.3, -0.25) is 9.59 Å². The maximum absolute atomic E-state index is 13.1. The van der Waals surface area contributed by atoms with Crippen LogP contribution in [-0.2, 0) is 18.4 Å². The number of hydrogen-bond acceptors (Lipinski definition) is 5. The molecule has 1 aliphatic rings. The van der Waals surface area contributed by atoms with E-state index in [0.717, 1.165) is 45.7 Å². The van der Waals surface area contributed by atoms with Crippen LogP contribution in [0.3, 0.4) is 0 Å². The minimum Gasteiger partial charge on any atom is -0.373 e. The predicted molar refractivity (Wildman–Crippen MR) is 145 cm³/mol. The van der Waals surface area contributed by atoms with Crippen molar-refractivity contribution in [3.63, 3.8) is 0 Å². The van der Waals surface area contributed by atoms with Crippen molar-refractivity contribution in [2.24, 2.45) is 7.05 Å². The summed E-state index contributed by atoms with van der Waals surface area (Å²) in [5.41, 5.74) is 5.81. The number of aryl methyl sites for hydroxylation is 1. The third kappa shape index (κ3) is 4.79. The molecule has 0 saturated carbocycles. The van der Waals surface area contributed by atoms with E-state index in [2.05, 4.69) is 32.0 Å². The Bertz CT molecular complexity index is 1440. The normalized spacial score (nSPS) is 15.7. The summed E-state index contributed by atoms with van der Waals surface area (Å²) in [6.07, 6.45) is 5.05. The molecule has 2 amide bonds. The van der Waals surface area contributed by atoms with Gasteiger partial charge in [0.25, 0.3) is 5.91 Å². The molecule has 1 saturated heterocycles. The van der Waals surface area contributed by atoms with E-state index in [1.165, 1.54) is 0 Å². The molecular weight excluding hydrogens is 464 g/mol. The third-order valence-electron chi connectivity index (χ3n) is 7.27. The molecular formula is C29H32N6O2. The van der Waals surface area contributed by atoms with Crippen LogP contribution in [-0.4, -0.2) is 63.8 Å². The smallest absolute Gasteiger partial charge is 0.253 e. The van der Waals surface area contributed by atoms with Gasteiger partial charge < -0.3 is 19.7 Å². The number of benzene rings is 1. The van der Waals surface area contributed by atoms with Crippen LogP contribution in [0.5, 0.6) is 0 Å². The molecule has 1 fully saturated rings. The van der Waals surface area contributed by atoms with Crippen molar-refractivity contribution in [2.45, 2.75) is 25.3 Å². The third-order valence-corrected chi connectivity index (χ3v) is 7.27. The molecule has 5 rings (SSSR count). The number of hydrogen-bond donors (Lipinski definition) is 1. The fourth-order valence-corrected chi connectivity index (χ4v) is 5.06. The van der Waals surface area contributed by atoms with Gasteiger partial charge in [-0.25, -0.2) is 9.97 Å². The zero-order valence-corrected chi connectivity index (χ0v) is 21.7. The first-order valence-corrected chi connectivity index (χ1v) is 12.5. The monoisotopic (exact) mass is 496 g/mol. The van der Waals surface area contributed by atoms with E-state index in [0.29, 0.717) is 25.1 Å². The average molecular weight is 497 g/mol. The summed E-state index contributed by atoms with van der Waals surface area (Å²) in [5, 5.41) is 4.10. The Morgan fingerprint density at radius 2 is 1.89 bits per heavy atom. The van der Waals surface area contributed by atoms with Crippen LogP contribution in [0.2, 0.25) is 0 Å². The van der Waals surface area contributed by atoms with Gasteiger partial charge in [-0.15, -0.1) is 0 Å². The lowest BCUT2D eigenvalue weighted by molar-refractivity contribution is -0.134. The number of rotatable bonds is 6. The van der Waals surface area contributed by atoms with Crippen molar-refractivity contribution in [1.82, 2.24) is 24.3 Å². The Morgan fingerprint density at radius 1 is 1.11 bits per heavy atom. The van der Waals surface area contributed by atoms with Crippen molar-refractivity contribution < 1.29 is 9.59 Å². The van der Waals surface area contributed by atoms with Gasteiger partial charge in [0.15, 0.2) is 0 Å². The summed E-state index contributed by atoms with van der Waals surface area (Å²) >= 11 is 0. The molecule has 0 bridgehead atoms. The molecule has 8 nitrogen and oxygen atoms in total. The summed E-state index contributed by atoms with van der Waals surface area (Å²) in [6.45, 7) is 1.24. The number of carbonyl (C=O) groups excluding carboxylic acids is 2. The lowest BCUT2D eigenvalue weighted by Crippen LogP contribution is -2.38. The van der Waals surface area contributed by atoms with Gasteiger partial charge >= 0.3 is 0 Å². The molecule has 190 valence electrons. The average Bonchev–Trinajstić information content (AvgIpc) is 3.24. The highest BCUT2D eigenvalue weighted by atomic mass is 16.2. The molecule has 1 unspecified atom stereocenters. The zero-order chi connectivity index (χ0) is 26.1. The minimum absolute atomic E-state index is 0.0173. The second kappa shape index (κ2) is 10.0. The van der Waals surface area contributed by atoms with Gasteiger partial charge in [-0.05, 0) is 59.9 Å². The van der Waals surface area contributed by atoms with Crippen LogP contribution >= 0.6 is 0 Å². The Hall–Kier alpha value is -4.20. The van der Waals surface area contributed by atoms with Crippen LogP contribution in [0.4, 0.5) is 5.82 Å². The number of carbonyl (C=O) groups is 2. The highest BCUT2D eigenvalue weighted by Gasteiger charge is 2.28. The number of nitrogens with zero attached hydrogens (tertiary/aromatic N) is 5. The minimum atomic E-state index is -0.0173. The number of nitrogens with one attached hydrogen (secondary N) is 1. The number of piperidine rings is 1. The van der Waals surface area contributed by atoms with Gasteiger partial charge in [-0.1, -0.05) is 12.1 Å².